The molecule has 1 aliphatic heterocycles. The van der Waals surface area contributed by atoms with Gasteiger partial charge in [-0.05, 0) is 48.0 Å². The largest absolute Gasteiger partial charge is 0.459 e. The number of morpholine rings is 1. The zero-order chi connectivity index (χ0) is 15.4. The third-order valence-electron chi connectivity index (χ3n) is 3.53. The second-order valence-electron chi connectivity index (χ2n) is 5.42. The molecular formula is C15H21BrN2O3. The maximum Gasteiger partial charge on any atom is 0.338 e. The molecule has 2 rings (SSSR count). The summed E-state index contributed by atoms with van der Waals surface area (Å²) in [4.78, 5) is 14.3. The lowest BCUT2D eigenvalue weighted by Crippen LogP contribution is -2.47. The number of halogens is 1. The number of ether oxygens (including phenoxy) is 2. The summed E-state index contributed by atoms with van der Waals surface area (Å²) >= 11 is 3.30. The lowest BCUT2D eigenvalue weighted by molar-refractivity contribution is -0.0662. The van der Waals surface area contributed by atoms with Gasteiger partial charge in [-0.1, -0.05) is 0 Å². The molecule has 21 heavy (non-hydrogen) atoms. The Morgan fingerprint density at radius 1 is 1.57 bits per heavy atom. The van der Waals surface area contributed by atoms with Crippen LogP contribution in [0.2, 0.25) is 0 Å². The van der Waals surface area contributed by atoms with Crippen molar-refractivity contribution in [3.05, 3.63) is 28.2 Å². The third-order valence-corrected chi connectivity index (χ3v) is 4.25. The Balaban J connectivity index is 1.87. The average Bonchev–Trinajstić information content (AvgIpc) is 2.48. The fraction of sp³-hybridized carbons (Fsp3) is 0.533. The van der Waals surface area contributed by atoms with Crippen molar-refractivity contribution in [1.29, 1.82) is 0 Å². The maximum atomic E-state index is 12.0. The molecule has 0 amide bonds. The van der Waals surface area contributed by atoms with E-state index in [1.54, 1.807) is 18.2 Å². The van der Waals surface area contributed by atoms with Crippen LogP contribution in [0.4, 0.5) is 5.69 Å². The normalized spacial score (nSPS) is 19.7. The fourth-order valence-electron chi connectivity index (χ4n) is 2.23. The van der Waals surface area contributed by atoms with Gasteiger partial charge < -0.3 is 15.2 Å². The molecule has 0 radical (unpaired) electrons. The Hall–Kier alpha value is -1.11. The predicted molar refractivity (Wildman–Crippen MR) is 85.3 cm³/mol. The molecule has 1 saturated heterocycles. The van der Waals surface area contributed by atoms with Crippen LogP contribution < -0.4 is 5.73 Å². The van der Waals surface area contributed by atoms with Crippen LogP contribution in [0.3, 0.4) is 0 Å². The second kappa shape index (κ2) is 7.24. The van der Waals surface area contributed by atoms with Gasteiger partial charge in [0.15, 0.2) is 0 Å². The van der Waals surface area contributed by atoms with Crippen LogP contribution in [-0.4, -0.2) is 49.3 Å². The third kappa shape index (κ3) is 4.43. The SMILES string of the molecule is CC(C)N1CCOC(COC(=O)c2ccc(Br)c(N)c2)C1. The minimum Gasteiger partial charge on any atom is -0.459 e. The minimum atomic E-state index is -0.375. The number of carbonyl (C=O) groups is 1. The number of carbonyl (C=O) groups excluding carboxylic acids is 1. The summed E-state index contributed by atoms with van der Waals surface area (Å²) in [5, 5.41) is 0. The van der Waals surface area contributed by atoms with Crippen molar-refractivity contribution >= 4 is 27.6 Å². The summed E-state index contributed by atoms with van der Waals surface area (Å²) in [6.07, 6.45) is -0.0714. The number of hydrogen-bond acceptors (Lipinski definition) is 5. The quantitative estimate of drug-likeness (QED) is 0.662. The van der Waals surface area contributed by atoms with Gasteiger partial charge in [-0.25, -0.2) is 4.79 Å². The molecule has 0 aromatic heterocycles. The molecule has 1 fully saturated rings. The van der Waals surface area contributed by atoms with Crippen LogP contribution in [-0.2, 0) is 9.47 Å². The van der Waals surface area contributed by atoms with E-state index in [4.69, 9.17) is 15.2 Å². The van der Waals surface area contributed by atoms with Crippen LogP contribution in [0.5, 0.6) is 0 Å². The van der Waals surface area contributed by atoms with E-state index in [1.807, 2.05) is 0 Å². The molecule has 1 heterocycles. The van der Waals surface area contributed by atoms with Crippen LogP contribution >= 0.6 is 15.9 Å². The Morgan fingerprint density at radius 2 is 2.33 bits per heavy atom. The Labute approximate surface area is 133 Å². The van der Waals surface area contributed by atoms with Gasteiger partial charge in [0.25, 0.3) is 0 Å². The van der Waals surface area contributed by atoms with Gasteiger partial charge in [0, 0.05) is 29.3 Å². The summed E-state index contributed by atoms with van der Waals surface area (Å²) in [5.74, 6) is -0.375. The van der Waals surface area contributed by atoms with Crippen molar-refractivity contribution < 1.29 is 14.3 Å². The highest BCUT2D eigenvalue weighted by Crippen LogP contribution is 2.20. The molecule has 5 nitrogen and oxygen atoms in total. The van der Waals surface area contributed by atoms with E-state index in [9.17, 15) is 4.79 Å². The number of nitrogens with zero attached hydrogens (tertiary/aromatic N) is 1. The zero-order valence-corrected chi connectivity index (χ0v) is 13.9. The molecule has 0 saturated carbocycles. The van der Waals surface area contributed by atoms with Crippen molar-refractivity contribution in [3.63, 3.8) is 0 Å². The van der Waals surface area contributed by atoms with E-state index in [-0.39, 0.29) is 18.7 Å². The zero-order valence-electron chi connectivity index (χ0n) is 12.3. The molecule has 6 heteroatoms. The van der Waals surface area contributed by atoms with Crippen molar-refractivity contribution in [1.82, 2.24) is 4.90 Å². The lowest BCUT2D eigenvalue weighted by Gasteiger charge is -2.35. The Morgan fingerprint density at radius 3 is 3.00 bits per heavy atom. The molecular weight excluding hydrogens is 336 g/mol. The number of esters is 1. The van der Waals surface area contributed by atoms with Crippen LogP contribution in [0.15, 0.2) is 22.7 Å². The van der Waals surface area contributed by atoms with Crippen LogP contribution in [0, 0.1) is 0 Å². The van der Waals surface area contributed by atoms with Crippen molar-refractivity contribution in [2.75, 3.05) is 32.0 Å². The van der Waals surface area contributed by atoms with E-state index in [1.165, 1.54) is 0 Å². The summed E-state index contributed by atoms with van der Waals surface area (Å²) < 4.78 is 11.7. The number of nitrogens with two attached hydrogens (primary N) is 1. The molecule has 0 aliphatic carbocycles. The topological polar surface area (TPSA) is 64.8 Å². The maximum absolute atomic E-state index is 12.0. The molecule has 1 unspecified atom stereocenters. The first-order valence-corrected chi connectivity index (χ1v) is 7.84. The highest BCUT2D eigenvalue weighted by molar-refractivity contribution is 9.10. The molecule has 1 aromatic carbocycles. The van der Waals surface area contributed by atoms with Crippen molar-refractivity contribution in [2.45, 2.75) is 26.0 Å². The molecule has 0 bridgehead atoms. The second-order valence-corrected chi connectivity index (χ2v) is 6.27. The van der Waals surface area contributed by atoms with Gasteiger partial charge in [0.1, 0.15) is 12.7 Å². The number of anilines is 1. The number of nitrogen functional groups attached to an aromatic ring is 1. The molecule has 2 N–H and O–H groups in total. The van der Waals surface area contributed by atoms with Crippen LogP contribution in [0.25, 0.3) is 0 Å². The van der Waals surface area contributed by atoms with Crippen LogP contribution in [0.1, 0.15) is 24.2 Å². The molecule has 1 aromatic rings. The standard InChI is InChI=1S/C15H21BrN2O3/c1-10(2)18-5-6-20-12(8-18)9-21-15(19)11-3-4-13(16)14(17)7-11/h3-4,7,10,12H,5-6,8-9,17H2,1-2H3. The minimum absolute atomic E-state index is 0.0714. The first kappa shape index (κ1) is 16.3. The molecule has 116 valence electrons. The lowest BCUT2D eigenvalue weighted by atomic mass is 10.2. The van der Waals surface area contributed by atoms with Gasteiger partial charge in [-0.2, -0.15) is 0 Å². The first-order valence-electron chi connectivity index (χ1n) is 7.05. The highest BCUT2D eigenvalue weighted by Gasteiger charge is 2.23. The average molecular weight is 357 g/mol. The van der Waals surface area contributed by atoms with E-state index >= 15 is 0 Å². The fourth-order valence-corrected chi connectivity index (χ4v) is 2.48. The summed E-state index contributed by atoms with van der Waals surface area (Å²) in [7, 11) is 0. The number of benzene rings is 1. The smallest absolute Gasteiger partial charge is 0.338 e. The van der Waals surface area contributed by atoms with Crippen molar-refractivity contribution in [3.8, 4) is 0 Å². The highest BCUT2D eigenvalue weighted by atomic mass is 79.9. The Kier molecular flexibility index (Phi) is 5.61. The van der Waals surface area contributed by atoms with E-state index < -0.39 is 0 Å². The van der Waals surface area contributed by atoms with E-state index in [0.717, 1.165) is 17.6 Å². The van der Waals surface area contributed by atoms with Gasteiger partial charge in [0.05, 0.1) is 12.2 Å². The molecule has 1 aliphatic rings. The Bertz CT molecular complexity index is 508. The number of rotatable bonds is 4. The summed E-state index contributed by atoms with van der Waals surface area (Å²) in [5.41, 5.74) is 6.73. The monoisotopic (exact) mass is 356 g/mol. The van der Waals surface area contributed by atoms with Gasteiger partial charge in [-0.15, -0.1) is 0 Å². The molecule has 1 atom stereocenters. The molecule has 0 spiro atoms. The number of hydrogen-bond donors (Lipinski definition) is 1. The van der Waals surface area contributed by atoms with E-state index in [2.05, 4.69) is 34.7 Å². The summed E-state index contributed by atoms with van der Waals surface area (Å²) in [6, 6.07) is 5.50. The summed E-state index contributed by atoms with van der Waals surface area (Å²) in [6.45, 7) is 6.94. The van der Waals surface area contributed by atoms with Gasteiger partial charge >= 0.3 is 5.97 Å². The predicted octanol–water partition coefficient (Wildman–Crippen LogP) is 2.30. The van der Waals surface area contributed by atoms with Gasteiger partial charge in [0.2, 0.25) is 0 Å². The van der Waals surface area contributed by atoms with Crippen molar-refractivity contribution in [2.24, 2.45) is 0 Å². The van der Waals surface area contributed by atoms with Gasteiger partial charge in [-0.3, -0.25) is 4.90 Å². The van der Waals surface area contributed by atoms with E-state index in [0.29, 0.717) is 23.9 Å². The first-order chi connectivity index (χ1) is 9.97.